The summed E-state index contributed by atoms with van der Waals surface area (Å²) in [5, 5.41) is 15.7. The number of rotatable bonds is 10. The number of carbonyl (C=O) groups excluding carboxylic acids is 3. The van der Waals surface area contributed by atoms with Crippen LogP contribution >= 0.6 is 0 Å². The van der Waals surface area contributed by atoms with Crippen LogP contribution in [0.4, 0.5) is 17.1 Å². The molecule has 5 rings (SSSR count). The number of ether oxygens (including phenoxy) is 1. The van der Waals surface area contributed by atoms with Crippen molar-refractivity contribution in [1.29, 1.82) is 0 Å². The quantitative estimate of drug-likeness (QED) is 0.189. The van der Waals surface area contributed by atoms with Crippen LogP contribution in [0.3, 0.4) is 0 Å². The number of aromatic nitrogens is 2. The zero-order chi connectivity index (χ0) is 33.5. The summed E-state index contributed by atoms with van der Waals surface area (Å²) in [5.41, 5.74) is 9.24. The maximum atomic E-state index is 13.8. The fraction of sp³-hybridized carbons (Fsp3) is 0.286. The molecule has 0 aliphatic carbocycles. The molecule has 2 heterocycles. The number of nitrogens with two attached hydrogens (primary N) is 1. The number of nitrogens with one attached hydrogen (secondary N) is 2. The molecule has 0 bridgehead atoms. The zero-order valence-corrected chi connectivity index (χ0v) is 26.6. The fourth-order valence-corrected chi connectivity index (χ4v) is 5.41. The number of aliphatic hydroxyl groups excluding tert-OH is 1. The molecular formula is C35H39N7O5. The largest absolute Gasteiger partial charge is 0.486 e. The van der Waals surface area contributed by atoms with Gasteiger partial charge in [-0.05, 0) is 55.9 Å². The zero-order valence-electron chi connectivity index (χ0n) is 26.6. The molecule has 1 aliphatic rings. The lowest BCUT2D eigenvalue weighted by molar-refractivity contribution is 0.0343. The number of amides is 3. The molecule has 0 radical (unpaired) electrons. The molecule has 0 fully saturated rings. The van der Waals surface area contributed by atoms with Crippen molar-refractivity contribution in [3.63, 3.8) is 0 Å². The number of aliphatic hydroxyl groups is 1. The highest BCUT2D eigenvalue weighted by Gasteiger charge is 2.34. The summed E-state index contributed by atoms with van der Waals surface area (Å²) >= 11 is 0. The van der Waals surface area contributed by atoms with Crippen LogP contribution in [0, 0.1) is 5.92 Å². The summed E-state index contributed by atoms with van der Waals surface area (Å²) < 4.78 is 6.61. The number of carbonyl (C=O) groups is 3. The molecule has 3 atom stereocenters. The summed E-state index contributed by atoms with van der Waals surface area (Å²) in [5.74, 6) is -0.921. The minimum Gasteiger partial charge on any atom is -0.486 e. The second kappa shape index (κ2) is 14.8. The molecule has 4 aromatic rings. The molecule has 12 nitrogen and oxygen atoms in total. The van der Waals surface area contributed by atoms with Gasteiger partial charge in [0.1, 0.15) is 11.8 Å². The number of likely N-dealkylation sites (N-methyl/N-ethyl adjacent to an activating group) is 1. The van der Waals surface area contributed by atoms with Crippen molar-refractivity contribution in [2.75, 3.05) is 43.1 Å². The molecule has 0 spiro atoms. The van der Waals surface area contributed by atoms with E-state index in [1.807, 2.05) is 32.2 Å². The fourth-order valence-electron chi connectivity index (χ4n) is 5.41. The Bertz CT molecular complexity index is 1720. The average Bonchev–Trinajstić information content (AvgIpc) is 3.08. The van der Waals surface area contributed by atoms with Gasteiger partial charge in [0.25, 0.3) is 17.7 Å². The lowest BCUT2D eigenvalue weighted by Crippen LogP contribution is -2.49. The number of hydrogen-bond donors (Lipinski definition) is 4. The Morgan fingerprint density at radius 3 is 2.47 bits per heavy atom. The van der Waals surface area contributed by atoms with E-state index in [1.54, 1.807) is 60.4 Å². The van der Waals surface area contributed by atoms with Gasteiger partial charge in [-0.15, -0.1) is 0 Å². The molecule has 1 aliphatic heterocycles. The summed E-state index contributed by atoms with van der Waals surface area (Å²) in [6.45, 7) is 5.01. The number of nitrogens with zero attached hydrogens (tertiary/aromatic N) is 4. The van der Waals surface area contributed by atoms with Crippen LogP contribution in [0.5, 0.6) is 5.75 Å². The minimum atomic E-state index is -0.490. The Balaban J connectivity index is 1.34. The Labute approximate surface area is 273 Å². The molecule has 3 amide bonds. The van der Waals surface area contributed by atoms with Crippen molar-refractivity contribution < 1.29 is 24.2 Å². The molecular weight excluding hydrogens is 598 g/mol. The van der Waals surface area contributed by atoms with E-state index in [4.69, 9.17) is 10.5 Å². The SMILES string of the molecule is C[C@@H]1CN([C@@H](C)CO)C(=O)c2cccc(NC(=O)c3cnccn3)c2O[C@H]1CN(C)Cc1ccc(C(=O)Nc2ccccc2N)cc1. The van der Waals surface area contributed by atoms with Crippen LogP contribution in [0.1, 0.15) is 50.6 Å². The number of anilines is 3. The molecule has 1 aromatic heterocycles. The summed E-state index contributed by atoms with van der Waals surface area (Å²) in [7, 11) is 1.97. The molecule has 244 valence electrons. The van der Waals surface area contributed by atoms with Gasteiger partial charge in [-0.1, -0.05) is 37.3 Å². The molecule has 0 saturated carbocycles. The van der Waals surface area contributed by atoms with Crippen LogP contribution in [0.2, 0.25) is 0 Å². The van der Waals surface area contributed by atoms with Crippen LogP contribution < -0.4 is 21.1 Å². The van der Waals surface area contributed by atoms with E-state index in [0.717, 1.165) is 5.56 Å². The van der Waals surface area contributed by atoms with Gasteiger partial charge in [-0.2, -0.15) is 0 Å². The molecule has 3 aromatic carbocycles. The summed E-state index contributed by atoms with van der Waals surface area (Å²) in [4.78, 5) is 51.4. The molecule has 12 heteroatoms. The smallest absolute Gasteiger partial charge is 0.275 e. The molecule has 47 heavy (non-hydrogen) atoms. The van der Waals surface area contributed by atoms with Gasteiger partial charge in [-0.3, -0.25) is 24.3 Å². The van der Waals surface area contributed by atoms with E-state index >= 15 is 0 Å². The van der Waals surface area contributed by atoms with Gasteiger partial charge < -0.3 is 31.1 Å². The van der Waals surface area contributed by atoms with Crippen molar-refractivity contribution in [2.45, 2.75) is 32.5 Å². The normalized spacial score (nSPS) is 16.8. The number of benzene rings is 3. The van der Waals surface area contributed by atoms with Gasteiger partial charge in [0.2, 0.25) is 0 Å². The first-order valence-corrected chi connectivity index (χ1v) is 15.4. The van der Waals surface area contributed by atoms with Crippen LogP contribution in [-0.4, -0.2) is 81.5 Å². The highest BCUT2D eigenvalue weighted by atomic mass is 16.5. The first-order chi connectivity index (χ1) is 22.6. The second-order valence-corrected chi connectivity index (χ2v) is 11.8. The topological polar surface area (TPSA) is 163 Å². The standard InChI is InChI=1S/C35H39N7O5/c1-22-18-42(23(2)21-43)35(46)26-7-6-10-29(40-34(45)30-17-37-15-16-38-30)32(26)47-31(22)20-41(3)19-24-11-13-25(14-12-24)33(44)39-28-9-5-4-8-27(28)36/h4-17,22-23,31,43H,18-21,36H2,1-3H3,(H,39,44)(H,40,45)/t22-,23+,31+/m1/s1. The Kier molecular flexibility index (Phi) is 10.4. The van der Waals surface area contributed by atoms with Crippen LogP contribution in [0.15, 0.2) is 85.3 Å². The van der Waals surface area contributed by atoms with Crippen molar-refractivity contribution in [2.24, 2.45) is 5.92 Å². The molecule has 0 unspecified atom stereocenters. The average molecular weight is 638 g/mol. The highest BCUT2D eigenvalue weighted by molar-refractivity contribution is 6.06. The third-order valence-electron chi connectivity index (χ3n) is 8.10. The predicted molar refractivity (Wildman–Crippen MR) is 179 cm³/mol. The number of nitrogen functional groups attached to an aromatic ring is 1. The van der Waals surface area contributed by atoms with E-state index in [1.165, 1.54) is 18.6 Å². The Morgan fingerprint density at radius 2 is 1.77 bits per heavy atom. The lowest BCUT2D eigenvalue weighted by atomic mass is 9.98. The van der Waals surface area contributed by atoms with E-state index in [-0.39, 0.29) is 41.3 Å². The first kappa shape index (κ1) is 33.0. The third-order valence-corrected chi connectivity index (χ3v) is 8.10. The lowest BCUT2D eigenvalue weighted by Gasteiger charge is -2.38. The predicted octanol–water partition coefficient (Wildman–Crippen LogP) is 3.92. The number of hydrogen-bond acceptors (Lipinski definition) is 9. The van der Waals surface area contributed by atoms with Gasteiger partial charge in [0.05, 0.1) is 41.5 Å². The van der Waals surface area contributed by atoms with Gasteiger partial charge >= 0.3 is 0 Å². The van der Waals surface area contributed by atoms with Crippen LogP contribution in [0.25, 0.3) is 0 Å². The first-order valence-electron chi connectivity index (χ1n) is 15.4. The van der Waals surface area contributed by atoms with Crippen molar-refractivity contribution in [3.8, 4) is 5.75 Å². The van der Waals surface area contributed by atoms with Gasteiger partial charge in [-0.25, -0.2) is 4.98 Å². The van der Waals surface area contributed by atoms with Gasteiger partial charge in [0, 0.05) is 43.5 Å². The molecule has 5 N–H and O–H groups in total. The maximum Gasteiger partial charge on any atom is 0.275 e. The Hall–Kier alpha value is -5.33. The number of fused-ring (bicyclic) bond motifs is 1. The van der Waals surface area contributed by atoms with Crippen molar-refractivity contribution in [3.05, 3.63) is 108 Å². The maximum absolute atomic E-state index is 13.8. The minimum absolute atomic E-state index is 0.121. The molecule has 0 saturated heterocycles. The van der Waals surface area contributed by atoms with Crippen molar-refractivity contribution in [1.82, 2.24) is 19.8 Å². The Morgan fingerprint density at radius 1 is 1.04 bits per heavy atom. The monoisotopic (exact) mass is 637 g/mol. The second-order valence-electron chi connectivity index (χ2n) is 11.8. The van der Waals surface area contributed by atoms with Gasteiger partial charge in [0.15, 0.2) is 5.75 Å². The van der Waals surface area contributed by atoms with E-state index < -0.39 is 18.1 Å². The summed E-state index contributed by atoms with van der Waals surface area (Å²) in [6.07, 6.45) is 3.87. The van der Waals surface area contributed by atoms with E-state index in [9.17, 15) is 19.5 Å². The number of para-hydroxylation sites is 3. The van der Waals surface area contributed by atoms with Crippen LogP contribution in [-0.2, 0) is 6.54 Å². The third kappa shape index (κ3) is 7.91. The summed E-state index contributed by atoms with van der Waals surface area (Å²) in [6, 6.07) is 19.0. The van der Waals surface area contributed by atoms with Crippen molar-refractivity contribution >= 4 is 34.8 Å². The highest BCUT2D eigenvalue weighted by Crippen LogP contribution is 2.35. The van der Waals surface area contributed by atoms with E-state index in [2.05, 4.69) is 25.5 Å². The van der Waals surface area contributed by atoms with E-state index in [0.29, 0.717) is 42.3 Å².